The number of hydrogen-bond donors (Lipinski definition) is 0. The largest absolute Gasteiger partial charge is 0.497 e. The van der Waals surface area contributed by atoms with Gasteiger partial charge in [-0.25, -0.2) is 0 Å². The van der Waals surface area contributed by atoms with E-state index in [9.17, 15) is 4.79 Å². The molecule has 1 amide bonds. The molecular formula is C20H24N2O3. The van der Waals surface area contributed by atoms with E-state index in [-0.39, 0.29) is 5.91 Å². The van der Waals surface area contributed by atoms with Crippen LogP contribution in [-0.4, -0.2) is 43.1 Å². The summed E-state index contributed by atoms with van der Waals surface area (Å²) in [5, 5.41) is 0. The third-order valence-corrected chi connectivity index (χ3v) is 4.71. The standard InChI is InChI=1S/C20H24N2O3/c1-24-18-11-16(12-19(13-18)25-2)15-8-10-22(14-15)20(23)7-6-17-5-3-4-9-21-17/h3-5,9,11-13,15H,6-8,10,14H2,1-2H3. The first-order valence-corrected chi connectivity index (χ1v) is 8.60. The summed E-state index contributed by atoms with van der Waals surface area (Å²) in [6.07, 6.45) is 3.92. The Morgan fingerprint density at radius 3 is 2.60 bits per heavy atom. The van der Waals surface area contributed by atoms with Crippen molar-refractivity contribution in [2.45, 2.75) is 25.2 Å². The molecule has 132 valence electrons. The molecule has 1 aliphatic rings. The molecule has 1 aromatic heterocycles. The molecule has 1 aliphatic heterocycles. The Bertz CT molecular complexity index is 696. The van der Waals surface area contributed by atoms with Gasteiger partial charge in [0.1, 0.15) is 11.5 Å². The number of carbonyl (C=O) groups excluding carboxylic acids is 1. The van der Waals surface area contributed by atoms with Gasteiger partial charge in [0.25, 0.3) is 0 Å². The van der Waals surface area contributed by atoms with Crippen molar-refractivity contribution in [2.24, 2.45) is 0 Å². The summed E-state index contributed by atoms with van der Waals surface area (Å²) in [7, 11) is 3.31. The Labute approximate surface area is 148 Å². The van der Waals surface area contributed by atoms with Crippen LogP contribution in [0.2, 0.25) is 0 Å². The molecule has 0 N–H and O–H groups in total. The highest BCUT2D eigenvalue weighted by Crippen LogP contribution is 2.33. The van der Waals surface area contributed by atoms with Crippen molar-refractivity contribution in [3.8, 4) is 11.5 Å². The van der Waals surface area contributed by atoms with Crippen LogP contribution in [0.1, 0.15) is 30.0 Å². The first-order chi connectivity index (χ1) is 12.2. The average molecular weight is 340 g/mol. The fourth-order valence-corrected chi connectivity index (χ4v) is 3.26. The molecule has 1 atom stereocenters. The number of amides is 1. The van der Waals surface area contributed by atoms with Crippen LogP contribution in [-0.2, 0) is 11.2 Å². The summed E-state index contributed by atoms with van der Waals surface area (Å²) in [4.78, 5) is 18.7. The number of carbonyl (C=O) groups is 1. The molecule has 2 aromatic rings. The Morgan fingerprint density at radius 1 is 1.20 bits per heavy atom. The summed E-state index contributed by atoms with van der Waals surface area (Å²) >= 11 is 0. The molecule has 25 heavy (non-hydrogen) atoms. The monoisotopic (exact) mass is 340 g/mol. The Balaban J connectivity index is 1.60. The van der Waals surface area contributed by atoms with Gasteiger partial charge >= 0.3 is 0 Å². The van der Waals surface area contributed by atoms with Gasteiger partial charge in [0, 0.05) is 43.4 Å². The van der Waals surface area contributed by atoms with Crippen molar-refractivity contribution in [3.05, 3.63) is 53.9 Å². The van der Waals surface area contributed by atoms with Crippen molar-refractivity contribution < 1.29 is 14.3 Å². The SMILES string of the molecule is COc1cc(OC)cc(C2CCN(C(=O)CCc3ccccn3)C2)c1. The van der Waals surface area contributed by atoms with Crippen LogP contribution >= 0.6 is 0 Å². The number of likely N-dealkylation sites (tertiary alicyclic amines) is 1. The van der Waals surface area contributed by atoms with Gasteiger partial charge in [-0.1, -0.05) is 6.07 Å². The maximum Gasteiger partial charge on any atom is 0.222 e. The van der Waals surface area contributed by atoms with Crippen LogP contribution in [0.4, 0.5) is 0 Å². The van der Waals surface area contributed by atoms with E-state index in [1.807, 2.05) is 41.3 Å². The quantitative estimate of drug-likeness (QED) is 0.811. The summed E-state index contributed by atoms with van der Waals surface area (Å²) < 4.78 is 10.7. The topological polar surface area (TPSA) is 51.7 Å². The second-order valence-corrected chi connectivity index (χ2v) is 6.29. The smallest absolute Gasteiger partial charge is 0.222 e. The molecule has 0 spiro atoms. The minimum Gasteiger partial charge on any atom is -0.497 e. The maximum atomic E-state index is 12.5. The third-order valence-electron chi connectivity index (χ3n) is 4.71. The van der Waals surface area contributed by atoms with E-state index in [1.54, 1.807) is 20.4 Å². The number of nitrogens with zero attached hydrogens (tertiary/aromatic N) is 2. The number of pyridine rings is 1. The summed E-state index contributed by atoms with van der Waals surface area (Å²) in [5.74, 6) is 2.09. The third kappa shape index (κ3) is 4.29. The van der Waals surface area contributed by atoms with Crippen molar-refractivity contribution in [1.82, 2.24) is 9.88 Å². The zero-order valence-electron chi connectivity index (χ0n) is 14.8. The normalized spacial score (nSPS) is 16.7. The minimum atomic E-state index is 0.197. The van der Waals surface area contributed by atoms with Crippen LogP contribution in [0.25, 0.3) is 0 Å². The van der Waals surface area contributed by atoms with E-state index < -0.39 is 0 Å². The molecule has 0 aliphatic carbocycles. The summed E-state index contributed by atoms with van der Waals surface area (Å²) in [6, 6.07) is 11.7. The molecule has 5 heteroatoms. The van der Waals surface area contributed by atoms with Gasteiger partial charge < -0.3 is 14.4 Å². The predicted molar refractivity (Wildman–Crippen MR) is 96.0 cm³/mol. The Morgan fingerprint density at radius 2 is 1.96 bits per heavy atom. The minimum absolute atomic E-state index is 0.197. The Kier molecular flexibility index (Phi) is 5.53. The molecule has 3 rings (SSSR count). The lowest BCUT2D eigenvalue weighted by Gasteiger charge is -2.17. The molecule has 5 nitrogen and oxygen atoms in total. The first kappa shape index (κ1) is 17.3. The van der Waals surface area contributed by atoms with E-state index >= 15 is 0 Å². The Hall–Kier alpha value is -2.56. The lowest BCUT2D eigenvalue weighted by Crippen LogP contribution is -2.28. The van der Waals surface area contributed by atoms with Gasteiger partial charge in [-0.05, 0) is 42.7 Å². The van der Waals surface area contributed by atoms with Gasteiger partial charge in [-0.2, -0.15) is 0 Å². The number of benzene rings is 1. The molecule has 1 saturated heterocycles. The van der Waals surface area contributed by atoms with Crippen molar-refractivity contribution >= 4 is 5.91 Å². The number of aryl methyl sites for hydroxylation is 1. The summed E-state index contributed by atoms with van der Waals surface area (Å²) in [6.45, 7) is 1.54. The fourth-order valence-electron chi connectivity index (χ4n) is 3.26. The van der Waals surface area contributed by atoms with Crippen LogP contribution in [0, 0.1) is 0 Å². The highest BCUT2D eigenvalue weighted by Gasteiger charge is 2.27. The first-order valence-electron chi connectivity index (χ1n) is 8.60. The van der Waals surface area contributed by atoms with Crippen molar-refractivity contribution in [1.29, 1.82) is 0 Å². The van der Waals surface area contributed by atoms with Gasteiger partial charge in [-0.15, -0.1) is 0 Å². The number of methoxy groups -OCH3 is 2. The van der Waals surface area contributed by atoms with Crippen LogP contribution < -0.4 is 9.47 Å². The van der Waals surface area contributed by atoms with Crippen LogP contribution in [0.5, 0.6) is 11.5 Å². The maximum absolute atomic E-state index is 12.5. The van der Waals surface area contributed by atoms with E-state index in [2.05, 4.69) is 4.98 Å². The van der Waals surface area contributed by atoms with E-state index in [1.165, 1.54) is 0 Å². The van der Waals surface area contributed by atoms with Gasteiger partial charge in [-0.3, -0.25) is 9.78 Å². The molecule has 1 fully saturated rings. The number of ether oxygens (including phenoxy) is 2. The van der Waals surface area contributed by atoms with Crippen LogP contribution in [0.3, 0.4) is 0 Å². The zero-order chi connectivity index (χ0) is 17.6. The number of rotatable bonds is 6. The summed E-state index contributed by atoms with van der Waals surface area (Å²) in [5.41, 5.74) is 2.13. The number of aromatic nitrogens is 1. The van der Waals surface area contributed by atoms with Gasteiger partial charge in [0.15, 0.2) is 0 Å². The molecular weight excluding hydrogens is 316 g/mol. The molecule has 1 aromatic carbocycles. The second kappa shape index (κ2) is 8.01. The van der Waals surface area contributed by atoms with E-state index in [0.29, 0.717) is 18.8 Å². The van der Waals surface area contributed by atoms with Crippen molar-refractivity contribution in [3.63, 3.8) is 0 Å². The zero-order valence-corrected chi connectivity index (χ0v) is 14.8. The highest BCUT2D eigenvalue weighted by atomic mass is 16.5. The lowest BCUT2D eigenvalue weighted by atomic mass is 9.98. The molecule has 2 heterocycles. The van der Waals surface area contributed by atoms with Crippen LogP contribution in [0.15, 0.2) is 42.6 Å². The molecule has 0 radical (unpaired) electrons. The van der Waals surface area contributed by atoms with Crippen molar-refractivity contribution in [2.75, 3.05) is 27.3 Å². The average Bonchev–Trinajstić information content (AvgIpc) is 3.17. The number of hydrogen-bond acceptors (Lipinski definition) is 4. The van der Waals surface area contributed by atoms with Gasteiger partial charge in [0.2, 0.25) is 5.91 Å². The highest BCUT2D eigenvalue weighted by molar-refractivity contribution is 5.76. The second-order valence-electron chi connectivity index (χ2n) is 6.29. The van der Waals surface area contributed by atoms with E-state index in [4.69, 9.17) is 9.47 Å². The fraction of sp³-hybridized carbons (Fsp3) is 0.400. The predicted octanol–water partition coefficient (Wildman–Crippen LogP) is 3.05. The molecule has 1 unspecified atom stereocenters. The van der Waals surface area contributed by atoms with E-state index in [0.717, 1.165) is 42.3 Å². The molecule has 0 bridgehead atoms. The lowest BCUT2D eigenvalue weighted by molar-refractivity contribution is -0.130. The van der Waals surface area contributed by atoms with Gasteiger partial charge in [0.05, 0.1) is 14.2 Å². The molecule has 0 saturated carbocycles.